The highest BCUT2D eigenvalue weighted by Crippen LogP contribution is 2.14. The van der Waals surface area contributed by atoms with Crippen LogP contribution in [0.5, 0.6) is 0 Å². The van der Waals surface area contributed by atoms with Crippen molar-refractivity contribution in [3.8, 4) is 0 Å². The van der Waals surface area contributed by atoms with Gasteiger partial charge in [0.15, 0.2) is 0 Å². The summed E-state index contributed by atoms with van der Waals surface area (Å²) in [5.41, 5.74) is 9.15. The molecule has 0 aliphatic carbocycles. The van der Waals surface area contributed by atoms with Crippen molar-refractivity contribution >= 4 is 17.2 Å². The van der Waals surface area contributed by atoms with Gasteiger partial charge in [-0.1, -0.05) is 37.3 Å². The quantitative estimate of drug-likeness (QED) is 0.704. The van der Waals surface area contributed by atoms with Gasteiger partial charge in [0.25, 0.3) is 0 Å². The van der Waals surface area contributed by atoms with E-state index in [1.807, 2.05) is 12.1 Å². The van der Waals surface area contributed by atoms with E-state index in [-0.39, 0.29) is 0 Å². The van der Waals surface area contributed by atoms with Crippen molar-refractivity contribution in [2.24, 2.45) is 5.73 Å². The van der Waals surface area contributed by atoms with E-state index in [1.54, 1.807) is 0 Å². The smallest absolute Gasteiger partial charge is 0.104 e. The second kappa shape index (κ2) is 3.68. The van der Waals surface area contributed by atoms with Crippen LogP contribution in [0.4, 0.5) is 0 Å². The molecule has 64 valence electrons. The highest BCUT2D eigenvalue weighted by molar-refractivity contribution is 7.80. The summed E-state index contributed by atoms with van der Waals surface area (Å²) >= 11 is 4.95. The first-order valence-electron chi connectivity index (χ1n) is 4.05. The summed E-state index contributed by atoms with van der Waals surface area (Å²) in [5, 5.41) is 0. The Bertz CT molecular complexity index is 305. The molecule has 1 rings (SSSR count). The zero-order valence-electron chi connectivity index (χ0n) is 7.42. The molecule has 1 aromatic rings. The Labute approximate surface area is 78.6 Å². The summed E-state index contributed by atoms with van der Waals surface area (Å²) in [4.78, 5) is 0.496. The normalized spacial score (nSPS) is 9.83. The SMILES string of the molecule is CCc1c(C)cccc1C(N)=S. The van der Waals surface area contributed by atoms with Gasteiger partial charge in [-0.25, -0.2) is 0 Å². The molecule has 0 bridgehead atoms. The summed E-state index contributed by atoms with van der Waals surface area (Å²) in [5.74, 6) is 0. The number of aryl methyl sites for hydroxylation is 1. The Morgan fingerprint density at radius 2 is 2.17 bits per heavy atom. The Kier molecular flexibility index (Phi) is 2.82. The average Bonchev–Trinajstić information content (AvgIpc) is 2.03. The molecule has 0 saturated carbocycles. The fourth-order valence-electron chi connectivity index (χ4n) is 1.40. The molecule has 0 heterocycles. The number of thiocarbonyl (C=S) groups is 1. The van der Waals surface area contributed by atoms with Crippen LogP contribution in [0.15, 0.2) is 18.2 Å². The maximum atomic E-state index is 5.59. The molecule has 0 fully saturated rings. The minimum atomic E-state index is 0.496. The molecule has 0 saturated heterocycles. The third kappa shape index (κ3) is 1.64. The number of nitrogens with two attached hydrogens (primary N) is 1. The van der Waals surface area contributed by atoms with E-state index in [4.69, 9.17) is 18.0 Å². The number of benzene rings is 1. The van der Waals surface area contributed by atoms with E-state index in [9.17, 15) is 0 Å². The molecular formula is C10H13NS. The molecule has 2 heteroatoms. The Morgan fingerprint density at radius 3 is 2.58 bits per heavy atom. The molecule has 0 amide bonds. The van der Waals surface area contributed by atoms with Gasteiger partial charge in [0.05, 0.1) is 0 Å². The van der Waals surface area contributed by atoms with E-state index in [0.29, 0.717) is 4.99 Å². The van der Waals surface area contributed by atoms with Gasteiger partial charge in [-0.2, -0.15) is 0 Å². The molecule has 12 heavy (non-hydrogen) atoms. The van der Waals surface area contributed by atoms with Crippen LogP contribution in [-0.2, 0) is 6.42 Å². The standard InChI is InChI=1S/C10H13NS/c1-3-8-7(2)5-4-6-9(8)10(11)12/h4-6H,3H2,1-2H3,(H2,11,12). The van der Waals surface area contributed by atoms with Gasteiger partial charge in [-0.3, -0.25) is 0 Å². The summed E-state index contributed by atoms with van der Waals surface area (Å²) in [6, 6.07) is 6.05. The molecule has 0 atom stereocenters. The third-order valence-electron chi connectivity index (χ3n) is 2.03. The lowest BCUT2D eigenvalue weighted by atomic mass is 10.00. The molecular weight excluding hydrogens is 166 g/mol. The van der Waals surface area contributed by atoms with Crippen molar-refractivity contribution in [1.29, 1.82) is 0 Å². The zero-order valence-corrected chi connectivity index (χ0v) is 8.24. The van der Waals surface area contributed by atoms with Gasteiger partial charge in [-0.05, 0) is 24.5 Å². The number of hydrogen-bond acceptors (Lipinski definition) is 1. The van der Waals surface area contributed by atoms with Crippen LogP contribution in [0.25, 0.3) is 0 Å². The first-order valence-corrected chi connectivity index (χ1v) is 4.46. The van der Waals surface area contributed by atoms with E-state index in [1.165, 1.54) is 11.1 Å². The van der Waals surface area contributed by atoms with Crippen LogP contribution < -0.4 is 5.73 Å². The highest BCUT2D eigenvalue weighted by Gasteiger charge is 2.04. The first-order chi connectivity index (χ1) is 5.66. The molecule has 1 nitrogen and oxygen atoms in total. The van der Waals surface area contributed by atoms with E-state index in [2.05, 4.69) is 19.9 Å². The second-order valence-electron chi connectivity index (χ2n) is 2.82. The summed E-state index contributed by atoms with van der Waals surface area (Å²) in [7, 11) is 0. The second-order valence-corrected chi connectivity index (χ2v) is 3.26. The predicted molar refractivity (Wildman–Crippen MR) is 56.4 cm³/mol. The topological polar surface area (TPSA) is 26.0 Å². The van der Waals surface area contributed by atoms with Crippen LogP contribution in [0.3, 0.4) is 0 Å². The fourth-order valence-corrected chi connectivity index (χ4v) is 1.59. The van der Waals surface area contributed by atoms with Crippen LogP contribution in [0.1, 0.15) is 23.6 Å². The molecule has 0 spiro atoms. The summed E-state index contributed by atoms with van der Waals surface area (Å²) in [6.45, 7) is 4.20. The number of rotatable bonds is 2. The minimum absolute atomic E-state index is 0.496. The molecule has 1 aromatic carbocycles. The molecule has 0 aliphatic heterocycles. The van der Waals surface area contributed by atoms with Crippen molar-refractivity contribution < 1.29 is 0 Å². The lowest BCUT2D eigenvalue weighted by Gasteiger charge is -2.08. The molecule has 0 radical (unpaired) electrons. The van der Waals surface area contributed by atoms with Crippen LogP contribution >= 0.6 is 12.2 Å². The van der Waals surface area contributed by atoms with Crippen molar-refractivity contribution in [3.05, 3.63) is 34.9 Å². The van der Waals surface area contributed by atoms with Crippen molar-refractivity contribution in [3.63, 3.8) is 0 Å². The average molecular weight is 179 g/mol. The number of hydrogen-bond donors (Lipinski definition) is 1. The predicted octanol–water partition coefficient (Wildman–Crippen LogP) is 2.19. The van der Waals surface area contributed by atoms with Gasteiger partial charge in [0.2, 0.25) is 0 Å². The van der Waals surface area contributed by atoms with E-state index in [0.717, 1.165) is 12.0 Å². The van der Waals surface area contributed by atoms with Gasteiger partial charge in [-0.15, -0.1) is 0 Å². The van der Waals surface area contributed by atoms with Gasteiger partial charge < -0.3 is 5.73 Å². The molecule has 0 aliphatic rings. The van der Waals surface area contributed by atoms with Crippen LogP contribution in [0, 0.1) is 6.92 Å². The maximum Gasteiger partial charge on any atom is 0.104 e. The lowest BCUT2D eigenvalue weighted by molar-refractivity contribution is 1.10. The zero-order chi connectivity index (χ0) is 9.14. The van der Waals surface area contributed by atoms with Crippen molar-refractivity contribution in [2.45, 2.75) is 20.3 Å². The summed E-state index contributed by atoms with van der Waals surface area (Å²) < 4.78 is 0. The largest absolute Gasteiger partial charge is 0.389 e. The van der Waals surface area contributed by atoms with Crippen LogP contribution in [0.2, 0.25) is 0 Å². The van der Waals surface area contributed by atoms with Crippen molar-refractivity contribution in [1.82, 2.24) is 0 Å². The fraction of sp³-hybridized carbons (Fsp3) is 0.300. The van der Waals surface area contributed by atoms with E-state index >= 15 is 0 Å². The highest BCUT2D eigenvalue weighted by atomic mass is 32.1. The Hall–Kier alpha value is -0.890. The maximum absolute atomic E-state index is 5.59. The van der Waals surface area contributed by atoms with Crippen LogP contribution in [-0.4, -0.2) is 4.99 Å². The van der Waals surface area contributed by atoms with Gasteiger partial charge in [0.1, 0.15) is 4.99 Å². The lowest BCUT2D eigenvalue weighted by Crippen LogP contribution is -2.12. The molecule has 0 aromatic heterocycles. The first kappa shape index (κ1) is 9.20. The summed E-state index contributed by atoms with van der Waals surface area (Å²) in [6.07, 6.45) is 0.985. The Morgan fingerprint density at radius 1 is 1.50 bits per heavy atom. The Balaban J connectivity index is 3.27. The van der Waals surface area contributed by atoms with Gasteiger partial charge >= 0.3 is 0 Å². The third-order valence-corrected chi connectivity index (χ3v) is 2.25. The minimum Gasteiger partial charge on any atom is -0.389 e. The molecule has 0 unspecified atom stereocenters. The van der Waals surface area contributed by atoms with Gasteiger partial charge in [0, 0.05) is 5.56 Å². The monoisotopic (exact) mass is 179 g/mol. The molecule has 2 N–H and O–H groups in total. The van der Waals surface area contributed by atoms with Crippen molar-refractivity contribution in [2.75, 3.05) is 0 Å². The van der Waals surface area contributed by atoms with E-state index < -0.39 is 0 Å².